The number of amides is 1. The van der Waals surface area contributed by atoms with E-state index >= 15 is 0 Å². The number of nitrogens with zero attached hydrogens (tertiary/aromatic N) is 2. The van der Waals surface area contributed by atoms with Crippen LogP contribution in [-0.2, 0) is 6.54 Å². The second-order valence-corrected chi connectivity index (χ2v) is 7.70. The van der Waals surface area contributed by atoms with Gasteiger partial charge in [0.1, 0.15) is 11.4 Å². The Morgan fingerprint density at radius 2 is 2.00 bits per heavy atom. The van der Waals surface area contributed by atoms with E-state index < -0.39 is 0 Å². The van der Waals surface area contributed by atoms with Crippen molar-refractivity contribution >= 4 is 34.0 Å². The normalized spacial score (nSPS) is 11.1. The predicted octanol–water partition coefficient (Wildman–Crippen LogP) is 5.66. The highest BCUT2D eigenvalue weighted by Crippen LogP contribution is 2.31. The summed E-state index contributed by atoms with van der Waals surface area (Å²) in [4.78, 5) is 20.6. The van der Waals surface area contributed by atoms with E-state index in [9.17, 15) is 4.79 Å². The van der Waals surface area contributed by atoms with Gasteiger partial charge in [0.15, 0.2) is 5.76 Å². The number of carbonyl (C=O) groups excluding carboxylic acids is 1. The summed E-state index contributed by atoms with van der Waals surface area (Å²) in [5.41, 5.74) is 3.87. The summed E-state index contributed by atoms with van der Waals surface area (Å²) in [6, 6.07) is 13.7. The summed E-state index contributed by atoms with van der Waals surface area (Å²) in [6.45, 7) is 6.49. The van der Waals surface area contributed by atoms with E-state index in [1.807, 2.05) is 62.5 Å². The maximum absolute atomic E-state index is 13.5. The molecule has 0 bridgehead atoms. The van der Waals surface area contributed by atoms with Gasteiger partial charge in [0, 0.05) is 22.0 Å². The maximum Gasteiger partial charge on any atom is 0.295 e. The molecule has 4 nitrogen and oxygen atoms in total. The molecule has 27 heavy (non-hydrogen) atoms. The number of carbonyl (C=O) groups is 1. The van der Waals surface area contributed by atoms with Crippen LogP contribution in [0.2, 0.25) is 0 Å². The van der Waals surface area contributed by atoms with Gasteiger partial charge in [-0.15, -0.1) is 11.3 Å². The number of furan rings is 1. The molecule has 0 spiro atoms. The number of aromatic nitrogens is 1. The SMILES string of the molecule is Cc1cc(C)c2c(C)c(C(=O)N(Cc3cccs3)c3ccccn3)oc2c1. The van der Waals surface area contributed by atoms with Crippen molar-refractivity contribution < 1.29 is 9.21 Å². The van der Waals surface area contributed by atoms with Crippen molar-refractivity contribution in [2.45, 2.75) is 27.3 Å². The molecule has 0 atom stereocenters. The van der Waals surface area contributed by atoms with Crippen LogP contribution in [0.3, 0.4) is 0 Å². The fraction of sp³-hybridized carbons (Fsp3) is 0.182. The molecule has 4 rings (SSSR count). The van der Waals surface area contributed by atoms with Gasteiger partial charge in [-0.05, 0) is 61.5 Å². The number of anilines is 1. The fourth-order valence-corrected chi connectivity index (χ4v) is 4.14. The standard InChI is InChI=1S/C22H20N2O2S/c1-14-11-15(2)20-16(3)21(26-18(20)12-14)22(25)24(13-17-7-6-10-27-17)19-8-4-5-9-23-19/h4-12H,13H2,1-3H3. The van der Waals surface area contributed by atoms with Crippen molar-refractivity contribution in [1.29, 1.82) is 0 Å². The largest absolute Gasteiger partial charge is 0.451 e. The van der Waals surface area contributed by atoms with Gasteiger partial charge in [0.05, 0.1) is 6.54 Å². The lowest BCUT2D eigenvalue weighted by atomic mass is 10.0. The fourth-order valence-electron chi connectivity index (χ4n) is 3.44. The predicted molar refractivity (Wildman–Crippen MR) is 109 cm³/mol. The summed E-state index contributed by atoms with van der Waals surface area (Å²) in [5.74, 6) is 0.817. The van der Waals surface area contributed by atoms with Gasteiger partial charge in [0.2, 0.25) is 0 Å². The Morgan fingerprint density at radius 1 is 1.15 bits per heavy atom. The average molecular weight is 376 g/mol. The lowest BCUT2D eigenvalue weighted by Crippen LogP contribution is -2.31. The van der Waals surface area contributed by atoms with E-state index in [4.69, 9.17) is 4.42 Å². The van der Waals surface area contributed by atoms with Crippen molar-refractivity contribution in [2.24, 2.45) is 0 Å². The third-order valence-corrected chi connectivity index (χ3v) is 5.49. The lowest BCUT2D eigenvalue weighted by Gasteiger charge is -2.20. The summed E-state index contributed by atoms with van der Waals surface area (Å²) in [7, 11) is 0. The molecule has 0 N–H and O–H groups in total. The Kier molecular flexibility index (Phi) is 4.54. The molecule has 0 aliphatic carbocycles. The molecule has 0 radical (unpaired) electrons. The molecule has 1 amide bonds. The Labute approximate surface area is 162 Å². The van der Waals surface area contributed by atoms with E-state index in [-0.39, 0.29) is 5.91 Å². The van der Waals surface area contributed by atoms with Crippen LogP contribution in [0.5, 0.6) is 0 Å². The zero-order valence-corrected chi connectivity index (χ0v) is 16.3. The van der Waals surface area contributed by atoms with Crippen molar-refractivity contribution in [3.8, 4) is 0 Å². The van der Waals surface area contributed by atoms with Gasteiger partial charge >= 0.3 is 0 Å². The van der Waals surface area contributed by atoms with Crippen molar-refractivity contribution in [2.75, 3.05) is 4.90 Å². The van der Waals surface area contributed by atoms with Crippen LogP contribution in [0.25, 0.3) is 11.0 Å². The number of thiophene rings is 1. The van der Waals surface area contributed by atoms with Crippen LogP contribution >= 0.6 is 11.3 Å². The van der Waals surface area contributed by atoms with E-state index in [0.29, 0.717) is 18.1 Å². The molecule has 0 fully saturated rings. The number of aryl methyl sites for hydroxylation is 3. The minimum Gasteiger partial charge on any atom is -0.451 e. The number of fused-ring (bicyclic) bond motifs is 1. The van der Waals surface area contributed by atoms with Gasteiger partial charge in [-0.1, -0.05) is 18.2 Å². The minimum atomic E-state index is -0.173. The monoisotopic (exact) mass is 376 g/mol. The molecular formula is C22H20N2O2S. The zero-order chi connectivity index (χ0) is 19.0. The number of rotatable bonds is 4. The third-order valence-electron chi connectivity index (χ3n) is 4.63. The Balaban J connectivity index is 1.81. The summed E-state index contributed by atoms with van der Waals surface area (Å²) in [5, 5.41) is 3.02. The van der Waals surface area contributed by atoms with E-state index in [0.717, 1.165) is 32.5 Å². The topological polar surface area (TPSA) is 46.3 Å². The second kappa shape index (κ2) is 7.00. The van der Waals surface area contributed by atoms with Crippen molar-refractivity contribution in [1.82, 2.24) is 4.98 Å². The van der Waals surface area contributed by atoms with Gasteiger partial charge < -0.3 is 4.42 Å². The van der Waals surface area contributed by atoms with E-state index in [2.05, 4.69) is 11.1 Å². The molecule has 0 unspecified atom stereocenters. The van der Waals surface area contributed by atoms with Crippen LogP contribution in [-0.4, -0.2) is 10.9 Å². The first-order valence-corrected chi connectivity index (χ1v) is 9.68. The van der Waals surface area contributed by atoms with Crippen LogP contribution < -0.4 is 4.90 Å². The van der Waals surface area contributed by atoms with Crippen LogP contribution in [0, 0.1) is 20.8 Å². The molecule has 3 aromatic heterocycles. The zero-order valence-electron chi connectivity index (χ0n) is 15.5. The van der Waals surface area contributed by atoms with Crippen molar-refractivity contribution in [3.63, 3.8) is 0 Å². The molecule has 0 saturated carbocycles. The summed E-state index contributed by atoms with van der Waals surface area (Å²) < 4.78 is 6.03. The van der Waals surface area contributed by atoms with Gasteiger partial charge in [-0.25, -0.2) is 4.98 Å². The Bertz CT molecular complexity index is 1100. The van der Waals surface area contributed by atoms with E-state index in [1.54, 1.807) is 22.4 Å². The second-order valence-electron chi connectivity index (χ2n) is 6.67. The highest BCUT2D eigenvalue weighted by molar-refractivity contribution is 7.09. The molecule has 0 aliphatic rings. The quantitative estimate of drug-likeness (QED) is 0.461. The molecule has 4 aromatic rings. The maximum atomic E-state index is 13.5. The van der Waals surface area contributed by atoms with Gasteiger partial charge in [0.25, 0.3) is 5.91 Å². The smallest absolute Gasteiger partial charge is 0.295 e. The molecule has 0 saturated heterocycles. The molecule has 5 heteroatoms. The Morgan fingerprint density at radius 3 is 2.70 bits per heavy atom. The van der Waals surface area contributed by atoms with Crippen molar-refractivity contribution in [3.05, 3.63) is 81.4 Å². The number of benzene rings is 1. The number of hydrogen-bond acceptors (Lipinski definition) is 4. The number of pyridine rings is 1. The van der Waals surface area contributed by atoms with Gasteiger partial charge in [-0.3, -0.25) is 9.69 Å². The first-order valence-electron chi connectivity index (χ1n) is 8.80. The summed E-state index contributed by atoms with van der Waals surface area (Å²) >= 11 is 1.62. The molecule has 0 aliphatic heterocycles. The Hall–Kier alpha value is -2.92. The highest BCUT2D eigenvalue weighted by Gasteiger charge is 2.26. The number of hydrogen-bond donors (Lipinski definition) is 0. The highest BCUT2D eigenvalue weighted by atomic mass is 32.1. The molecule has 136 valence electrons. The average Bonchev–Trinajstić information content (AvgIpc) is 3.27. The molecule has 1 aromatic carbocycles. The summed E-state index contributed by atoms with van der Waals surface area (Å²) in [6.07, 6.45) is 1.70. The third kappa shape index (κ3) is 3.26. The van der Waals surface area contributed by atoms with Crippen LogP contribution in [0.4, 0.5) is 5.82 Å². The lowest BCUT2D eigenvalue weighted by molar-refractivity contribution is 0.0959. The van der Waals surface area contributed by atoms with E-state index in [1.165, 1.54) is 0 Å². The van der Waals surface area contributed by atoms with Gasteiger partial charge in [-0.2, -0.15) is 0 Å². The first-order chi connectivity index (χ1) is 13.0. The van der Waals surface area contributed by atoms with Crippen LogP contribution in [0.15, 0.2) is 58.5 Å². The molecule has 3 heterocycles. The first kappa shape index (κ1) is 17.5. The van der Waals surface area contributed by atoms with Crippen LogP contribution in [0.1, 0.15) is 32.1 Å². The minimum absolute atomic E-state index is 0.173. The molecular weight excluding hydrogens is 356 g/mol.